The van der Waals surface area contributed by atoms with Crippen LogP contribution in [0.1, 0.15) is 40.5 Å². The molecule has 2 saturated heterocycles. The van der Waals surface area contributed by atoms with Crippen molar-refractivity contribution in [3.05, 3.63) is 0 Å². The number of ether oxygens (including phenoxy) is 1. The van der Waals surface area contributed by atoms with Crippen molar-refractivity contribution in [3.63, 3.8) is 0 Å². The molecule has 6 nitrogen and oxygen atoms in total. The zero-order valence-electron chi connectivity index (χ0n) is 16.7. The van der Waals surface area contributed by atoms with E-state index in [0.29, 0.717) is 12.6 Å². The molecule has 2 rings (SSSR count). The first-order valence-corrected chi connectivity index (χ1v) is 10.0. The Hall–Kier alpha value is -0.690. The second kappa shape index (κ2) is 9.31. The first-order chi connectivity index (χ1) is 12.0. The van der Waals surface area contributed by atoms with E-state index in [0.717, 1.165) is 65.3 Å². The lowest BCUT2D eigenvalue weighted by atomic mass is 9.81. The van der Waals surface area contributed by atoms with Crippen LogP contribution in [0.3, 0.4) is 0 Å². The third-order valence-corrected chi connectivity index (χ3v) is 6.22. The predicted octanol–water partition coefficient (Wildman–Crippen LogP) is 1.00. The molecule has 2 aliphatic rings. The van der Waals surface area contributed by atoms with E-state index in [2.05, 4.69) is 37.5 Å². The van der Waals surface area contributed by atoms with Gasteiger partial charge >= 0.3 is 0 Å². The first-order valence-electron chi connectivity index (χ1n) is 10.0. The Morgan fingerprint density at radius 3 is 2.32 bits per heavy atom. The molecule has 0 spiro atoms. The Labute approximate surface area is 153 Å². The SMILES string of the molecule is CCC(CC)(CN)C(=O)N1CCN(CC2CN(C(C)C)CCO2)CC1. The van der Waals surface area contributed by atoms with Gasteiger partial charge in [-0.05, 0) is 26.7 Å². The van der Waals surface area contributed by atoms with Crippen molar-refractivity contribution in [1.82, 2.24) is 14.7 Å². The molecule has 0 saturated carbocycles. The Balaban J connectivity index is 1.82. The molecular weight excluding hydrogens is 316 g/mol. The minimum absolute atomic E-state index is 0.250. The van der Waals surface area contributed by atoms with Crippen LogP contribution in [0, 0.1) is 5.41 Å². The number of hydrogen-bond donors (Lipinski definition) is 1. The number of carbonyl (C=O) groups excluding carboxylic acids is 1. The Bertz CT molecular complexity index is 409. The van der Waals surface area contributed by atoms with Crippen molar-refractivity contribution in [2.75, 3.05) is 59.0 Å². The highest BCUT2D eigenvalue weighted by molar-refractivity contribution is 5.83. The zero-order chi connectivity index (χ0) is 18.4. The fraction of sp³-hybridized carbons (Fsp3) is 0.947. The lowest BCUT2D eigenvalue weighted by Gasteiger charge is -2.42. The molecule has 2 fully saturated rings. The second-order valence-corrected chi connectivity index (χ2v) is 7.87. The standard InChI is InChI=1S/C19H38N4O2/c1-5-19(6-2,15-20)18(24)22-9-7-21(8-10-22)13-17-14-23(16(3)4)11-12-25-17/h16-17H,5-15,20H2,1-4H3. The van der Waals surface area contributed by atoms with Crippen LogP contribution in [0.15, 0.2) is 0 Å². The molecule has 1 amide bonds. The van der Waals surface area contributed by atoms with Crippen molar-refractivity contribution >= 4 is 5.91 Å². The molecule has 0 radical (unpaired) electrons. The second-order valence-electron chi connectivity index (χ2n) is 7.87. The van der Waals surface area contributed by atoms with Gasteiger partial charge in [0.15, 0.2) is 0 Å². The van der Waals surface area contributed by atoms with Crippen molar-refractivity contribution in [2.45, 2.75) is 52.7 Å². The number of carbonyl (C=O) groups is 1. The smallest absolute Gasteiger partial charge is 0.230 e. The van der Waals surface area contributed by atoms with Crippen LogP contribution in [0.4, 0.5) is 0 Å². The third-order valence-electron chi connectivity index (χ3n) is 6.22. The Morgan fingerprint density at radius 2 is 1.80 bits per heavy atom. The lowest BCUT2D eigenvalue weighted by Crippen LogP contribution is -2.57. The normalized spacial score (nSPS) is 24.1. The number of nitrogens with two attached hydrogens (primary N) is 1. The van der Waals surface area contributed by atoms with E-state index in [-0.39, 0.29) is 17.4 Å². The monoisotopic (exact) mass is 354 g/mol. The molecule has 6 heteroatoms. The molecule has 2 aliphatic heterocycles. The zero-order valence-corrected chi connectivity index (χ0v) is 16.7. The van der Waals surface area contributed by atoms with Gasteiger partial charge in [-0.1, -0.05) is 13.8 Å². The van der Waals surface area contributed by atoms with Crippen LogP contribution in [0.25, 0.3) is 0 Å². The van der Waals surface area contributed by atoms with Gasteiger partial charge in [-0.2, -0.15) is 0 Å². The van der Waals surface area contributed by atoms with Crippen molar-refractivity contribution in [3.8, 4) is 0 Å². The maximum atomic E-state index is 12.9. The summed E-state index contributed by atoms with van der Waals surface area (Å²) in [5.74, 6) is 0.250. The molecule has 2 heterocycles. The van der Waals surface area contributed by atoms with Gasteiger partial charge in [-0.25, -0.2) is 0 Å². The molecule has 0 aromatic rings. The number of hydrogen-bond acceptors (Lipinski definition) is 5. The predicted molar refractivity (Wildman–Crippen MR) is 102 cm³/mol. The van der Waals surface area contributed by atoms with Gasteiger partial charge in [0.25, 0.3) is 0 Å². The topological polar surface area (TPSA) is 62.0 Å². The molecule has 25 heavy (non-hydrogen) atoms. The summed E-state index contributed by atoms with van der Waals surface area (Å²) in [6.45, 7) is 16.4. The molecular formula is C19H38N4O2. The summed E-state index contributed by atoms with van der Waals surface area (Å²) in [4.78, 5) is 19.9. The van der Waals surface area contributed by atoms with Crippen molar-refractivity contribution in [1.29, 1.82) is 0 Å². The van der Waals surface area contributed by atoms with Gasteiger partial charge in [-0.15, -0.1) is 0 Å². The molecule has 1 atom stereocenters. The van der Waals surface area contributed by atoms with E-state index >= 15 is 0 Å². The van der Waals surface area contributed by atoms with Crippen LogP contribution in [-0.2, 0) is 9.53 Å². The molecule has 2 N–H and O–H groups in total. The summed E-state index contributed by atoms with van der Waals surface area (Å²) in [5.41, 5.74) is 5.58. The Kier molecular flexibility index (Phi) is 7.68. The molecule has 0 aliphatic carbocycles. The number of amides is 1. The van der Waals surface area contributed by atoms with Crippen molar-refractivity contribution < 1.29 is 9.53 Å². The third kappa shape index (κ3) is 4.94. The van der Waals surface area contributed by atoms with Crippen molar-refractivity contribution in [2.24, 2.45) is 11.1 Å². The largest absolute Gasteiger partial charge is 0.374 e. The summed E-state index contributed by atoms with van der Waals surface area (Å²) < 4.78 is 5.96. The number of morpholine rings is 1. The first kappa shape index (κ1) is 20.6. The average Bonchev–Trinajstić information content (AvgIpc) is 2.64. The Morgan fingerprint density at radius 1 is 1.16 bits per heavy atom. The van der Waals surface area contributed by atoms with E-state index < -0.39 is 0 Å². The summed E-state index contributed by atoms with van der Waals surface area (Å²) in [6, 6.07) is 0.577. The van der Waals surface area contributed by atoms with Gasteiger partial charge in [-0.3, -0.25) is 14.6 Å². The number of piperazine rings is 1. The van der Waals surface area contributed by atoms with Crippen LogP contribution < -0.4 is 5.73 Å². The summed E-state index contributed by atoms with van der Waals surface area (Å²) >= 11 is 0. The fourth-order valence-electron chi connectivity index (χ4n) is 4.01. The van der Waals surface area contributed by atoms with E-state index in [1.807, 2.05) is 4.90 Å². The van der Waals surface area contributed by atoms with Gasteiger partial charge in [0.1, 0.15) is 0 Å². The molecule has 0 aromatic heterocycles. The van der Waals surface area contributed by atoms with Crippen LogP contribution in [0.5, 0.6) is 0 Å². The summed E-state index contributed by atoms with van der Waals surface area (Å²) in [7, 11) is 0. The summed E-state index contributed by atoms with van der Waals surface area (Å²) in [5, 5.41) is 0. The maximum Gasteiger partial charge on any atom is 0.230 e. The van der Waals surface area contributed by atoms with Crippen LogP contribution in [0.2, 0.25) is 0 Å². The van der Waals surface area contributed by atoms with E-state index in [1.165, 1.54) is 0 Å². The van der Waals surface area contributed by atoms with Gasteiger partial charge in [0, 0.05) is 58.4 Å². The van der Waals surface area contributed by atoms with E-state index in [9.17, 15) is 4.79 Å². The minimum atomic E-state index is -0.369. The fourth-order valence-corrected chi connectivity index (χ4v) is 4.01. The number of nitrogens with zero attached hydrogens (tertiary/aromatic N) is 3. The highest BCUT2D eigenvalue weighted by Crippen LogP contribution is 2.28. The number of rotatable bonds is 7. The average molecular weight is 355 g/mol. The van der Waals surface area contributed by atoms with Crippen LogP contribution in [-0.4, -0.2) is 91.7 Å². The highest BCUT2D eigenvalue weighted by Gasteiger charge is 2.38. The summed E-state index contributed by atoms with van der Waals surface area (Å²) in [6.07, 6.45) is 1.92. The maximum absolute atomic E-state index is 12.9. The highest BCUT2D eigenvalue weighted by atomic mass is 16.5. The molecule has 146 valence electrons. The molecule has 0 bridgehead atoms. The molecule has 1 unspecified atom stereocenters. The van der Waals surface area contributed by atoms with Gasteiger partial charge < -0.3 is 15.4 Å². The molecule has 0 aromatic carbocycles. The van der Waals surface area contributed by atoms with Gasteiger partial charge in [0.2, 0.25) is 5.91 Å². The lowest BCUT2D eigenvalue weighted by molar-refractivity contribution is -0.144. The van der Waals surface area contributed by atoms with E-state index in [4.69, 9.17) is 10.5 Å². The van der Waals surface area contributed by atoms with E-state index in [1.54, 1.807) is 0 Å². The quantitative estimate of drug-likeness (QED) is 0.739. The van der Waals surface area contributed by atoms with Crippen LogP contribution >= 0.6 is 0 Å². The minimum Gasteiger partial charge on any atom is -0.374 e. The van der Waals surface area contributed by atoms with Gasteiger partial charge in [0.05, 0.1) is 18.1 Å².